The number of nitrogens with one attached hydrogen (secondary N) is 2. The quantitative estimate of drug-likeness (QED) is 0.395. The number of hydrogen-bond acceptors (Lipinski definition) is 2. The van der Waals surface area contributed by atoms with Crippen LogP contribution in [0, 0.1) is 10.8 Å². The monoisotopic (exact) mass is 414 g/mol. The van der Waals surface area contributed by atoms with Crippen LogP contribution in [0.5, 0.6) is 0 Å². The van der Waals surface area contributed by atoms with E-state index in [1.54, 1.807) is 20.3 Å². The molecule has 0 aromatic rings. The summed E-state index contributed by atoms with van der Waals surface area (Å²) in [5.74, 6) is 0. The molecule has 0 amide bonds. The van der Waals surface area contributed by atoms with Gasteiger partial charge in [-0.1, -0.05) is 45.2 Å². The van der Waals surface area contributed by atoms with E-state index in [1.807, 2.05) is 0 Å². The lowest BCUT2D eigenvalue weighted by atomic mass is 10.2. The van der Waals surface area contributed by atoms with Crippen molar-refractivity contribution < 1.29 is 0 Å². The third kappa shape index (κ3) is 5.37. The molecular formula is C8H8I2N4. The third-order valence-electron chi connectivity index (χ3n) is 1.11. The maximum Gasteiger partial charge on any atom is 0.107 e. The van der Waals surface area contributed by atoms with Crippen LogP contribution in [0.25, 0.3) is 0 Å². The second kappa shape index (κ2) is 9.19. The Hall–Kier alpha value is -0.380. The molecule has 0 fully saturated rings. The highest BCUT2D eigenvalue weighted by Crippen LogP contribution is 1.96. The van der Waals surface area contributed by atoms with Crippen LogP contribution in [0.1, 0.15) is 0 Å². The van der Waals surface area contributed by atoms with Crippen LogP contribution in [0.4, 0.5) is 0 Å². The highest BCUT2D eigenvalue weighted by molar-refractivity contribution is 14.1. The molecule has 0 saturated carbocycles. The second-order valence-corrected chi connectivity index (χ2v) is 3.31. The van der Waals surface area contributed by atoms with Gasteiger partial charge in [-0.25, -0.2) is 9.98 Å². The van der Waals surface area contributed by atoms with Crippen molar-refractivity contribution in [3.05, 3.63) is 20.3 Å². The SMILES string of the molecule is N=CN=C(/C=C\I)C(/C=C\I)=NC=N. The van der Waals surface area contributed by atoms with E-state index in [-0.39, 0.29) is 0 Å². The van der Waals surface area contributed by atoms with Gasteiger partial charge >= 0.3 is 0 Å². The molecule has 0 saturated heterocycles. The smallest absolute Gasteiger partial charge is 0.107 e. The molecule has 0 unspecified atom stereocenters. The maximum atomic E-state index is 6.88. The van der Waals surface area contributed by atoms with Gasteiger partial charge in [-0.05, 0) is 20.3 Å². The van der Waals surface area contributed by atoms with E-state index in [9.17, 15) is 0 Å². The zero-order valence-electron chi connectivity index (χ0n) is 7.11. The molecule has 2 N–H and O–H groups in total. The minimum absolute atomic E-state index is 0.561. The molecule has 4 nitrogen and oxygen atoms in total. The predicted molar refractivity (Wildman–Crippen MR) is 78.8 cm³/mol. The fraction of sp³-hybridized carbons (Fsp3) is 0. The van der Waals surface area contributed by atoms with Gasteiger partial charge in [0, 0.05) is 0 Å². The van der Waals surface area contributed by atoms with E-state index in [1.165, 1.54) is 0 Å². The zero-order valence-corrected chi connectivity index (χ0v) is 11.4. The third-order valence-corrected chi connectivity index (χ3v) is 1.83. The molecule has 0 atom stereocenters. The molecule has 0 radical (unpaired) electrons. The lowest BCUT2D eigenvalue weighted by molar-refractivity contribution is 1.51. The maximum absolute atomic E-state index is 6.88. The summed E-state index contributed by atoms with van der Waals surface area (Å²) in [7, 11) is 0. The van der Waals surface area contributed by atoms with Gasteiger partial charge in [-0.15, -0.1) is 0 Å². The molecule has 14 heavy (non-hydrogen) atoms. The number of hydrogen-bond donors (Lipinski definition) is 2. The Labute approximate surface area is 110 Å². The van der Waals surface area contributed by atoms with Crippen LogP contribution in [0.3, 0.4) is 0 Å². The molecule has 0 heterocycles. The van der Waals surface area contributed by atoms with E-state index in [2.05, 4.69) is 55.2 Å². The molecule has 0 aliphatic heterocycles. The van der Waals surface area contributed by atoms with Gasteiger partial charge < -0.3 is 0 Å². The molecular weight excluding hydrogens is 406 g/mol. The Kier molecular flexibility index (Phi) is 8.94. The molecule has 0 rings (SSSR count). The summed E-state index contributed by atoms with van der Waals surface area (Å²) in [6.45, 7) is 0. The number of nitrogens with zero attached hydrogens (tertiary/aromatic N) is 2. The van der Waals surface area contributed by atoms with Crippen LogP contribution in [0.15, 0.2) is 30.3 Å². The van der Waals surface area contributed by atoms with Crippen LogP contribution in [0.2, 0.25) is 0 Å². The van der Waals surface area contributed by atoms with E-state index >= 15 is 0 Å². The topological polar surface area (TPSA) is 72.4 Å². The van der Waals surface area contributed by atoms with Gasteiger partial charge in [0.2, 0.25) is 0 Å². The molecule has 0 aliphatic carbocycles. The van der Waals surface area contributed by atoms with Crippen molar-refractivity contribution in [1.82, 2.24) is 0 Å². The average molecular weight is 414 g/mol. The van der Waals surface area contributed by atoms with Crippen LogP contribution >= 0.6 is 45.2 Å². The van der Waals surface area contributed by atoms with E-state index in [0.717, 1.165) is 12.7 Å². The van der Waals surface area contributed by atoms with Crippen molar-refractivity contribution in [3.8, 4) is 0 Å². The molecule has 0 aromatic heterocycles. The van der Waals surface area contributed by atoms with E-state index in [0.29, 0.717) is 11.4 Å². The van der Waals surface area contributed by atoms with Crippen molar-refractivity contribution in [2.45, 2.75) is 0 Å². The lowest BCUT2D eigenvalue weighted by Crippen LogP contribution is -2.09. The van der Waals surface area contributed by atoms with Crippen molar-refractivity contribution in [3.63, 3.8) is 0 Å². The van der Waals surface area contributed by atoms with Gasteiger partial charge in [0.05, 0.1) is 11.4 Å². The summed E-state index contributed by atoms with van der Waals surface area (Å²) in [6, 6.07) is 0. The molecule has 74 valence electrons. The Balaban J connectivity index is 5.12. The summed E-state index contributed by atoms with van der Waals surface area (Å²) < 4.78 is 3.56. The van der Waals surface area contributed by atoms with E-state index in [4.69, 9.17) is 10.8 Å². The second-order valence-electron chi connectivity index (χ2n) is 1.87. The van der Waals surface area contributed by atoms with Crippen molar-refractivity contribution in [1.29, 1.82) is 10.8 Å². The first-order valence-electron chi connectivity index (χ1n) is 3.47. The fourth-order valence-corrected chi connectivity index (χ4v) is 1.33. The summed E-state index contributed by atoms with van der Waals surface area (Å²) in [5, 5.41) is 13.8. The van der Waals surface area contributed by atoms with Gasteiger partial charge in [0.15, 0.2) is 0 Å². The van der Waals surface area contributed by atoms with Crippen molar-refractivity contribution >= 4 is 69.3 Å². The highest BCUT2D eigenvalue weighted by Gasteiger charge is 2.00. The number of allylic oxidation sites excluding steroid dienone is 2. The summed E-state index contributed by atoms with van der Waals surface area (Å²) in [6.07, 6.45) is 5.36. The zero-order chi connectivity index (χ0) is 10.8. The first-order chi connectivity index (χ1) is 6.79. The Morgan fingerprint density at radius 2 is 1.21 bits per heavy atom. The summed E-state index contributed by atoms with van der Waals surface area (Å²) in [5.41, 5.74) is 1.12. The molecule has 0 aromatic carbocycles. The molecule has 0 spiro atoms. The summed E-state index contributed by atoms with van der Waals surface area (Å²) in [4.78, 5) is 7.66. The van der Waals surface area contributed by atoms with Gasteiger partial charge in [0.1, 0.15) is 12.7 Å². The Morgan fingerprint density at radius 3 is 1.43 bits per heavy atom. The molecule has 0 aliphatic rings. The highest BCUT2D eigenvalue weighted by atomic mass is 127. The number of aliphatic imine (C=N–C) groups is 2. The largest absolute Gasteiger partial charge is 0.290 e. The number of rotatable bonds is 5. The predicted octanol–water partition coefficient (Wildman–Crippen LogP) is 2.98. The lowest BCUT2D eigenvalue weighted by Gasteiger charge is -1.97. The normalized spacial score (nSPS) is 13.9. The standard InChI is InChI=1S/C8H8I2N4/c9-3-1-7(13-5-11)8(2-4-10)14-6-12/h1-6,11-12H/b3-1-,4-2-,11-5?,12-6?,13-7?,14-8?. The average Bonchev–Trinajstić information content (AvgIpc) is 2.17. The first kappa shape index (κ1) is 13.6. The minimum atomic E-state index is 0.561. The van der Waals surface area contributed by atoms with Gasteiger partial charge in [0.25, 0.3) is 0 Å². The fourth-order valence-electron chi connectivity index (χ4n) is 0.648. The molecule has 0 bridgehead atoms. The van der Waals surface area contributed by atoms with Crippen LogP contribution < -0.4 is 0 Å². The number of halogens is 2. The van der Waals surface area contributed by atoms with Crippen molar-refractivity contribution in [2.24, 2.45) is 9.98 Å². The Morgan fingerprint density at radius 1 is 0.857 bits per heavy atom. The van der Waals surface area contributed by atoms with Crippen molar-refractivity contribution in [2.75, 3.05) is 0 Å². The van der Waals surface area contributed by atoms with Crippen LogP contribution in [-0.4, -0.2) is 24.1 Å². The molecule has 6 heteroatoms. The van der Waals surface area contributed by atoms with Gasteiger partial charge in [-0.3, -0.25) is 10.8 Å². The minimum Gasteiger partial charge on any atom is -0.290 e. The summed E-state index contributed by atoms with van der Waals surface area (Å²) >= 11 is 4.12. The van der Waals surface area contributed by atoms with Gasteiger partial charge in [-0.2, -0.15) is 0 Å². The Bertz CT molecular complexity index is 283. The first-order valence-corrected chi connectivity index (χ1v) is 5.96. The van der Waals surface area contributed by atoms with Crippen LogP contribution in [-0.2, 0) is 0 Å². The van der Waals surface area contributed by atoms with E-state index < -0.39 is 0 Å².